The second-order valence-corrected chi connectivity index (χ2v) is 7.23. The van der Waals surface area contributed by atoms with Gasteiger partial charge in [-0.3, -0.25) is 4.79 Å². The minimum Gasteiger partial charge on any atom is -0.369 e. The van der Waals surface area contributed by atoms with E-state index >= 15 is 0 Å². The molecule has 0 aliphatic rings. The molecule has 0 aliphatic carbocycles. The van der Waals surface area contributed by atoms with E-state index < -0.39 is 0 Å². The molecule has 0 spiro atoms. The molecule has 1 atom stereocenters. The summed E-state index contributed by atoms with van der Waals surface area (Å²) in [6.45, 7) is 2.22. The van der Waals surface area contributed by atoms with Crippen molar-refractivity contribution in [3.63, 3.8) is 0 Å². The molecule has 1 amide bonds. The van der Waals surface area contributed by atoms with Crippen molar-refractivity contribution < 1.29 is 4.79 Å². The molecule has 3 nitrogen and oxygen atoms in total. The molecule has 130 valence electrons. The highest BCUT2D eigenvalue weighted by atomic mass is 32.1. The van der Waals surface area contributed by atoms with Gasteiger partial charge in [0.15, 0.2) is 0 Å². The van der Waals surface area contributed by atoms with Crippen molar-refractivity contribution in [2.45, 2.75) is 58.3 Å². The molecule has 2 N–H and O–H groups in total. The highest BCUT2D eigenvalue weighted by Crippen LogP contribution is 2.25. The fourth-order valence-electron chi connectivity index (χ4n) is 2.88. The van der Waals surface area contributed by atoms with E-state index in [2.05, 4.69) is 29.4 Å². The summed E-state index contributed by atoms with van der Waals surface area (Å²) in [5, 5.41) is 3.06. The average Bonchev–Trinajstić information content (AvgIpc) is 3.06. The third-order valence-electron chi connectivity index (χ3n) is 4.34. The Bertz CT molecular complexity index is 609. The molecule has 4 heteroatoms. The number of primary amides is 1. The first-order chi connectivity index (χ1) is 11.7. The number of hydrogen-bond donors (Lipinski definition) is 1. The molecule has 0 saturated heterocycles. The normalized spacial score (nSPS) is 12.2. The number of aromatic nitrogens is 1. The molecule has 0 aliphatic heterocycles. The molecule has 1 unspecified atom stereocenters. The third kappa shape index (κ3) is 6.08. The van der Waals surface area contributed by atoms with Crippen LogP contribution >= 0.6 is 11.3 Å². The monoisotopic (exact) mass is 344 g/mol. The van der Waals surface area contributed by atoms with E-state index in [9.17, 15) is 4.79 Å². The van der Waals surface area contributed by atoms with Crippen LogP contribution in [0.5, 0.6) is 0 Å². The van der Waals surface area contributed by atoms with Crippen LogP contribution in [0.1, 0.15) is 57.6 Å². The highest BCUT2D eigenvalue weighted by Gasteiger charge is 2.17. The lowest BCUT2D eigenvalue weighted by Gasteiger charge is -2.11. The maximum atomic E-state index is 11.7. The maximum absolute atomic E-state index is 11.7. The minimum atomic E-state index is -0.196. The molecule has 0 radical (unpaired) electrons. The molecular formula is C20H28N2OS. The molecule has 0 saturated carbocycles. The smallest absolute Gasteiger partial charge is 0.220 e. The van der Waals surface area contributed by atoms with Gasteiger partial charge in [0.1, 0.15) is 5.01 Å². The first kappa shape index (κ1) is 18.7. The Morgan fingerprint density at radius 1 is 1.12 bits per heavy atom. The van der Waals surface area contributed by atoms with Gasteiger partial charge in [-0.05, 0) is 6.42 Å². The maximum Gasteiger partial charge on any atom is 0.220 e. The standard InChI is InChI=1S/C20H28N2OS/c1-2-3-4-5-6-8-13-17(19(21)23)14-18-15-24-20(22-18)16-11-9-7-10-12-16/h7,9-12,15,17H,2-6,8,13-14H2,1H3,(H2,21,23). The molecule has 1 aromatic heterocycles. The zero-order valence-corrected chi connectivity index (χ0v) is 15.4. The van der Waals surface area contributed by atoms with Crippen LogP contribution in [0.15, 0.2) is 35.7 Å². The van der Waals surface area contributed by atoms with E-state index in [0.717, 1.165) is 29.1 Å². The first-order valence-electron chi connectivity index (χ1n) is 9.00. The van der Waals surface area contributed by atoms with Crippen molar-refractivity contribution in [2.24, 2.45) is 11.7 Å². The number of benzene rings is 1. The number of amides is 1. The topological polar surface area (TPSA) is 56.0 Å². The van der Waals surface area contributed by atoms with Gasteiger partial charge in [-0.25, -0.2) is 4.98 Å². The van der Waals surface area contributed by atoms with Gasteiger partial charge in [0, 0.05) is 23.3 Å². The van der Waals surface area contributed by atoms with E-state index in [1.165, 1.54) is 32.1 Å². The van der Waals surface area contributed by atoms with Gasteiger partial charge in [-0.15, -0.1) is 11.3 Å². The minimum absolute atomic E-state index is 0.0955. The SMILES string of the molecule is CCCCCCCCC(Cc1csc(-c2ccccc2)n1)C(N)=O. The molecular weight excluding hydrogens is 316 g/mol. The highest BCUT2D eigenvalue weighted by molar-refractivity contribution is 7.13. The van der Waals surface area contributed by atoms with E-state index in [-0.39, 0.29) is 11.8 Å². The zero-order chi connectivity index (χ0) is 17.2. The van der Waals surface area contributed by atoms with E-state index in [1.807, 2.05) is 18.2 Å². The Kier molecular flexibility index (Phi) is 7.96. The summed E-state index contributed by atoms with van der Waals surface area (Å²) in [6, 6.07) is 10.2. The summed E-state index contributed by atoms with van der Waals surface area (Å²) in [5.74, 6) is -0.292. The zero-order valence-electron chi connectivity index (χ0n) is 14.5. The number of nitrogens with two attached hydrogens (primary N) is 1. The Balaban J connectivity index is 1.84. The number of rotatable bonds is 11. The van der Waals surface area contributed by atoms with Crippen LogP contribution in [0, 0.1) is 5.92 Å². The van der Waals surface area contributed by atoms with Crippen molar-refractivity contribution in [1.82, 2.24) is 4.98 Å². The first-order valence-corrected chi connectivity index (χ1v) is 9.87. The Hall–Kier alpha value is -1.68. The van der Waals surface area contributed by atoms with Gasteiger partial charge < -0.3 is 5.73 Å². The van der Waals surface area contributed by atoms with Crippen LogP contribution in [0.25, 0.3) is 10.6 Å². The molecule has 0 bridgehead atoms. The van der Waals surface area contributed by atoms with Gasteiger partial charge >= 0.3 is 0 Å². The van der Waals surface area contributed by atoms with Crippen LogP contribution in [-0.2, 0) is 11.2 Å². The summed E-state index contributed by atoms with van der Waals surface area (Å²) in [4.78, 5) is 16.4. The largest absolute Gasteiger partial charge is 0.369 e. The predicted octanol–water partition coefficient (Wildman–Crippen LogP) is 5.20. The predicted molar refractivity (Wildman–Crippen MR) is 102 cm³/mol. The van der Waals surface area contributed by atoms with Crippen LogP contribution < -0.4 is 5.73 Å². The summed E-state index contributed by atoms with van der Waals surface area (Å²) in [7, 11) is 0. The van der Waals surface area contributed by atoms with Gasteiger partial charge in [0.05, 0.1) is 5.69 Å². The van der Waals surface area contributed by atoms with Crippen molar-refractivity contribution >= 4 is 17.2 Å². The number of nitrogens with zero attached hydrogens (tertiary/aromatic N) is 1. The van der Waals surface area contributed by atoms with Crippen LogP contribution in [0.3, 0.4) is 0 Å². The quantitative estimate of drug-likeness (QED) is 0.569. The lowest BCUT2D eigenvalue weighted by Crippen LogP contribution is -2.25. The second-order valence-electron chi connectivity index (χ2n) is 6.37. The molecule has 2 aromatic rings. The van der Waals surface area contributed by atoms with Crippen molar-refractivity contribution in [3.05, 3.63) is 41.4 Å². The van der Waals surface area contributed by atoms with E-state index in [0.29, 0.717) is 6.42 Å². The Labute approximate surface area is 149 Å². The van der Waals surface area contributed by atoms with Crippen molar-refractivity contribution in [1.29, 1.82) is 0 Å². The summed E-state index contributed by atoms with van der Waals surface area (Å²) >= 11 is 1.63. The Morgan fingerprint density at radius 3 is 2.54 bits per heavy atom. The number of unbranched alkanes of at least 4 members (excludes halogenated alkanes) is 5. The van der Waals surface area contributed by atoms with Gasteiger partial charge in [0.2, 0.25) is 5.91 Å². The summed E-state index contributed by atoms with van der Waals surface area (Å²) < 4.78 is 0. The fourth-order valence-corrected chi connectivity index (χ4v) is 3.72. The fraction of sp³-hybridized carbons (Fsp3) is 0.500. The van der Waals surface area contributed by atoms with Crippen molar-refractivity contribution in [3.8, 4) is 10.6 Å². The molecule has 1 heterocycles. The van der Waals surface area contributed by atoms with Crippen molar-refractivity contribution in [2.75, 3.05) is 0 Å². The number of thiazole rings is 1. The van der Waals surface area contributed by atoms with Crippen LogP contribution in [0.4, 0.5) is 0 Å². The van der Waals surface area contributed by atoms with Gasteiger partial charge in [0.25, 0.3) is 0 Å². The molecule has 2 rings (SSSR count). The summed E-state index contributed by atoms with van der Waals surface area (Å²) in [5.41, 5.74) is 7.71. The number of hydrogen-bond acceptors (Lipinski definition) is 3. The average molecular weight is 345 g/mol. The third-order valence-corrected chi connectivity index (χ3v) is 5.28. The van der Waals surface area contributed by atoms with Gasteiger partial charge in [-0.2, -0.15) is 0 Å². The number of carbonyl (C=O) groups is 1. The summed E-state index contributed by atoms with van der Waals surface area (Å²) in [6.07, 6.45) is 8.92. The lowest BCUT2D eigenvalue weighted by atomic mass is 9.95. The van der Waals surface area contributed by atoms with Crippen LogP contribution in [0.2, 0.25) is 0 Å². The van der Waals surface area contributed by atoms with Crippen LogP contribution in [-0.4, -0.2) is 10.9 Å². The molecule has 0 fully saturated rings. The van der Waals surface area contributed by atoms with E-state index in [1.54, 1.807) is 11.3 Å². The van der Waals surface area contributed by atoms with E-state index in [4.69, 9.17) is 5.73 Å². The molecule has 24 heavy (non-hydrogen) atoms. The molecule has 1 aromatic carbocycles. The second kappa shape index (κ2) is 10.2. The lowest BCUT2D eigenvalue weighted by molar-refractivity contribution is -0.122. The van der Waals surface area contributed by atoms with Gasteiger partial charge in [-0.1, -0.05) is 75.8 Å². The Morgan fingerprint density at radius 2 is 1.83 bits per heavy atom. The number of carbonyl (C=O) groups excluding carboxylic acids is 1.